The Morgan fingerprint density at radius 2 is 1.92 bits per heavy atom. The van der Waals surface area contributed by atoms with Gasteiger partial charge in [-0.1, -0.05) is 26.0 Å². The fourth-order valence-corrected chi connectivity index (χ4v) is 3.26. The number of hydrogen-bond acceptors (Lipinski definition) is 3. The van der Waals surface area contributed by atoms with Crippen LogP contribution in [0.4, 0.5) is 0 Å². The number of likely N-dealkylation sites (N-methyl/N-ethyl adjacent to an activating group) is 1. The van der Waals surface area contributed by atoms with Crippen LogP contribution >= 0.6 is 24.8 Å². The topological polar surface area (TPSA) is 35.6 Å². The van der Waals surface area contributed by atoms with Crippen LogP contribution in [0.5, 0.6) is 0 Å². The van der Waals surface area contributed by atoms with Crippen LogP contribution in [0.3, 0.4) is 0 Å². The molecule has 1 N–H and O–H groups in total. The van der Waals surface area contributed by atoms with Crippen LogP contribution in [0.1, 0.15) is 49.0 Å². The van der Waals surface area contributed by atoms with Crippen LogP contribution in [0.2, 0.25) is 0 Å². The molecule has 0 radical (unpaired) electrons. The molecule has 0 aliphatic carbocycles. The summed E-state index contributed by atoms with van der Waals surface area (Å²) >= 11 is 0. The van der Waals surface area contributed by atoms with Crippen molar-refractivity contribution in [1.29, 1.82) is 0 Å². The molecule has 1 aromatic carbocycles. The van der Waals surface area contributed by atoms with Gasteiger partial charge in [-0.25, -0.2) is 0 Å². The van der Waals surface area contributed by atoms with Crippen LogP contribution in [0.15, 0.2) is 24.3 Å². The first-order valence-electron chi connectivity index (χ1n) is 8.95. The quantitative estimate of drug-likeness (QED) is 0.773. The molecule has 2 rings (SSSR count). The number of carbonyl (C=O) groups excluding carboxylic acids is 1. The smallest absolute Gasteiger partial charge is 0.253 e. The van der Waals surface area contributed by atoms with Gasteiger partial charge in [-0.2, -0.15) is 0 Å². The molecule has 6 heteroatoms. The molecule has 0 spiro atoms. The lowest BCUT2D eigenvalue weighted by Crippen LogP contribution is -2.46. The van der Waals surface area contributed by atoms with Crippen molar-refractivity contribution < 1.29 is 4.79 Å². The summed E-state index contributed by atoms with van der Waals surface area (Å²) in [6, 6.07) is 8.61. The molecule has 0 saturated carbocycles. The van der Waals surface area contributed by atoms with Crippen molar-refractivity contribution in [3.8, 4) is 0 Å². The lowest BCUT2D eigenvalue weighted by atomic mass is 10.0. The average molecular weight is 390 g/mol. The number of hydrogen-bond donors (Lipinski definition) is 1. The van der Waals surface area contributed by atoms with Gasteiger partial charge in [0.15, 0.2) is 0 Å². The Bertz CT molecular complexity index is 496. The molecule has 1 aliphatic rings. The van der Waals surface area contributed by atoms with E-state index in [-0.39, 0.29) is 30.7 Å². The number of carbonyl (C=O) groups is 1. The fourth-order valence-electron chi connectivity index (χ4n) is 3.26. The van der Waals surface area contributed by atoms with Crippen LogP contribution in [-0.2, 0) is 6.54 Å². The molecule has 4 nitrogen and oxygen atoms in total. The molecular formula is C19H33Cl2N3O. The van der Waals surface area contributed by atoms with Crippen LogP contribution < -0.4 is 5.32 Å². The molecule has 0 aromatic heterocycles. The molecule has 25 heavy (non-hydrogen) atoms. The second-order valence-electron chi connectivity index (χ2n) is 6.44. The first kappa shape index (κ1) is 24.2. The number of nitrogens with zero attached hydrogens (tertiary/aromatic N) is 2. The first-order valence-corrected chi connectivity index (χ1v) is 8.95. The zero-order valence-corrected chi connectivity index (χ0v) is 17.3. The maximum Gasteiger partial charge on any atom is 0.253 e. The predicted molar refractivity (Wildman–Crippen MR) is 110 cm³/mol. The lowest BCUT2D eigenvalue weighted by molar-refractivity contribution is 0.0698. The second-order valence-corrected chi connectivity index (χ2v) is 6.44. The van der Waals surface area contributed by atoms with Gasteiger partial charge in [0, 0.05) is 31.2 Å². The number of piperidine rings is 1. The Morgan fingerprint density at radius 1 is 1.24 bits per heavy atom. The molecular weight excluding hydrogens is 357 g/mol. The van der Waals surface area contributed by atoms with Crippen molar-refractivity contribution in [3.05, 3.63) is 35.4 Å². The highest BCUT2D eigenvalue weighted by Gasteiger charge is 2.23. The Morgan fingerprint density at radius 3 is 2.48 bits per heavy atom. The van der Waals surface area contributed by atoms with Gasteiger partial charge in [0.05, 0.1) is 0 Å². The third kappa shape index (κ3) is 7.14. The second kappa shape index (κ2) is 12.5. The Labute approximate surface area is 165 Å². The summed E-state index contributed by atoms with van der Waals surface area (Å²) in [4.78, 5) is 17.1. The summed E-state index contributed by atoms with van der Waals surface area (Å²) < 4.78 is 0. The van der Waals surface area contributed by atoms with E-state index in [4.69, 9.17) is 0 Å². The zero-order chi connectivity index (χ0) is 16.7. The maximum atomic E-state index is 12.6. The summed E-state index contributed by atoms with van der Waals surface area (Å²) in [5.41, 5.74) is 2.09. The highest BCUT2D eigenvalue weighted by atomic mass is 35.5. The van der Waals surface area contributed by atoms with Crippen LogP contribution in [0, 0.1) is 0 Å². The third-order valence-corrected chi connectivity index (χ3v) is 4.71. The highest BCUT2D eigenvalue weighted by molar-refractivity contribution is 5.94. The zero-order valence-electron chi connectivity index (χ0n) is 15.7. The lowest BCUT2D eigenvalue weighted by Gasteiger charge is -2.32. The number of amides is 1. The van der Waals surface area contributed by atoms with Crippen molar-refractivity contribution in [2.45, 2.75) is 45.7 Å². The normalized spacial score (nSPS) is 17.0. The SMILES string of the molecule is CCCN(CC)Cc1ccc(C(=O)N2CCCC(NC)C2)cc1.Cl.Cl. The molecule has 1 aromatic rings. The summed E-state index contributed by atoms with van der Waals surface area (Å²) in [6.45, 7) is 9.24. The number of rotatable bonds is 7. The average Bonchev–Trinajstić information content (AvgIpc) is 2.61. The van der Waals surface area contributed by atoms with Gasteiger partial charge in [-0.15, -0.1) is 24.8 Å². The third-order valence-electron chi connectivity index (χ3n) is 4.71. The van der Waals surface area contributed by atoms with E-state index in [9.17, 15) is 4.79 Å². The van der Waals surface area contributed by atoms with E-state index in [0.29, 0.717) is 6.04 Å². The van der Waals surface area contributed by atoms with E-state index >= 15 is 0 Å². The molecule has 0 bridgehead atoms. The summed E-state index contributed by atoms with van der Waals surface area (Å²) in [6.07, 6.45) is 3.41. The van der Waals surface area contributed by atoms with Crippen molar-refractivity contribution in [1.82, 2.24) is 15.1 Å². The molecule has 1 amide bonds. The number of benzene rings is 1. The minimum atomic E-state index is 0. The molecule has 1 unspecified atom stereocenters. The summed E-state index contributed by atoms with van der Waals surface area (Å²) in [5.74, 6) is 0.164. The van der Waals surface area contributed by atoms with E-state index in [2.05, 4.69) is 36.2 Å². The molecule has 1 aliphatic heterocycles. The van der Waals surface area contributed by atoms with Gasteiger partial charge in [0.2, 0.25) is 0 Å². The predicted octanol–water partition coefficient (Wildman–Crippen LogP) is 3.59. The van der Waals surface area contributed by atoms with Crippen LogP contribution in [-0.4, -0.2) is 55.0 Å². The van der Waals surface area contributed by atoms with Gasteiger partial charge in [0.1, 0.15) is 0 Å². The molecule has 1 heterocycles. The van der Waals surface area contributed by atoms with Crippen LogP contribution in [0.25, 0.3) is 0 Å². The Balaban J connectivity index is 0.00000288. The first-order chi connectivity index (χ1) is 11.2. The largest absolute Gasteiger partial charge is 0.337 e. The molecule has 1 saturated heterocycles. The van der Waals surface area contributed by atoms with E-state index in [0.717, 1.165) is 51.1 Å². The van der Waals surface area contributed by atoms with E-state index in [1.807, 2.05) is 24.1 Å². The van der Waals surface area contributed by atoms with Gasteiger partial charge in [-0.3, -0.25) is 9.69 Å². The van der Waals surface area contributed by atoms with Crippen molar-refractivity contribution in [2.24, 2.45) is 0 Å². The fraction of sp³-hybridized carbons (Fsp3) is 0.632. The number of halogens is 2. The summed E-state index contributed by atoms with van der Waals surface area (Å²) in [7, 11) is 1.98. The van der Waals surface area contributed by atoms with E-state index < -0.39 is 0 Å². The maximum absolute atomic E-state index is 12.6. The molecule has 1 atom stereocenters. The number of nitrogens with one attached hydrogen (secondary N) is 1. The Kier molecular flexibility index (Phi) is 12.1. The monoisotopic (exact) mass is 389 g/mol. The standard InChI is InChI=1S/C19H31N3O.2ClH/c1-4-12-21(5-2)14-16-8-10-17(11-9-16)19(23)22-13-6-7-18(15-22)20-3;;/h8-11,18,20H,4-7,12-15H2,1-3H3;2*1H. The van der Waals surface area contributed by atoms with E-state index in [1.54, 1.807) is 0 Å². The van der Waals surface area contributed by atoms with E-state index in [1.165, 1.54) is 12.0 Å². The van der Waals surface area contributed by atoms with Crippen molar-refractivity contribution >= 4 is 30.7 Å². The number of likely N-dealkylation sites (tertiary alicyclic amines) is 1. The molecule has 1 fully saturated rings. The van der Waals surface area contributed by atoms with Gasteiger partial charge >= 0.3 is 0 Å². The van der Waals surface area contributed by atoms with Gasteiger partial charge < -0.3 is 10.2 Å². The van der Waals surface area contributed by atoms with Crippen molar-refractivity contribution in [2.75, 3.05) is 33.2 Å². The minimum Gasteiger partial charge on any atom is -0.337 e. The van der Waals surface area contributed by atoms with Gasteiger partial charge in [0.25, 0.3) is 5.91 Å². The van der Waals surface area contributed by atoms with Crippen molar-refractivity contribution in [3.63, 3.8) is 0 Å². The molecule has 144 valence electrons. The minimum absolute atomic E-state index is 0. The summed E-state index contributed by atoms with van der Waals surface area (Å²) in [5, 5.41) is 3.29. The Hall–Kier alpha value is -0.810. The van der Waals surface area contributed by atoms with Gasteiger partial charge in [-0.05, 0) is 57.1 Å². The highest BCUT2D eigenvalue weighted by Crippen LogP contribution is 2.15.